The summed E-state index contributed by atoms with van der Waals surface area (Å²) in [7, 11) is 0. The summed E-state index contributed by atoms with van der Waals surface area (Å²) in [6.07, 6.45) is 4.79. The van der Waals surface area contributed by atoms with Gasteiger partial charge in [-0.1, -0.05) is 44.1 Å². The number of nitrogen functional groups attached to an aromatic ring is 1. The van der Waals surface area contributed by atoms with Crippen LogP contribution in [0.25, 0.3) is 0 Å². The number of halogens is 2. The number of rotatable bonds is 4. The van der Waals surface area contributed by atoms with Gasteiger partial charge in [-0.2, -0.15) is 4.68 Å². The number of nitrogens with zero attached hydrogens (tertiary/aromatic N) is 4. The molecule has 13 heteroatoms. The largest absolute Gasteiger partial charge is 0.489 e. The van der Waals surface area contributed by atoms with Crippen LogP contribution in [0.3, 0.4) is 0 Å². The molecular formula is C25H31ClFN5O5S. The maximum absolute atomic E-state index is 14.3. The third kappa shape index (κ3) is 6.29. The molecule has 2 N–H and O–H groups in total. The predicted molar refractivity (Wildman–Crippen MR) is 144 cm³/mol. The van der Waals surface area contributed by atoms with E-state index in [2.05, 4.69) is 10.2 Å². The van der Waals surface area contributed by atoms with Gasteiger partial charge in [-0.3, -0.25) is 9.59 Å². The Morgan fingerprint density at radius 2 is 1.82 bits per heavy atom. The number of ether oxygens (including phenoxy) is 2. The predicted octanol–water partition coefficient (Wildman–Crippen LogP) is 4.95. The minimum atomic E-state index is -0.941. The summed E-state index contributed by atoms with van der Waals surface area (Å²) in [5, 5.41) is 8.29. The highest BCUT2D eigenvalue weighted by molar-refractivity contribution is 7.98. The van der Waals surface area contributed by atoms with Gasteiger partial charge >= 0.3 is 12.0 Å². The van der Waals surface area contributed by atoms with Crippen LogP contribution in [0, 0.1) is 5.82 Å². The number of allylic oxidation sites excluding steroid dienone is 1. The van der Waals surface area contributed by atoms with E-state index in [1.54, 1.807) is 20.1 Å². The SMILES string of the molecule is CC(C)=C1OC(=O)N(c2cc(OC3CCCC3)c(Cl)cc2F)C1=O.CSc1nnc(C(C)(C)C)c(=O)n1N. The first-order valence-electron chi connectivity index (χ1n) is 11.9. The summed E-state index contributed by atoms with van der Waals surface area (Å²) >= 11 is 7.34. The van der Waals surface area contributed by atoms with Gasteiger partial charge in [0.25, 0.3) is 5.56 Å². The van der Waals surface area contributed by atoms with Crippen molar-refractivity contribution in [3.63, 3.8) is 0 Å². The first kappa shape index (κ1) is 29.4. The van der Waals surface area contributed by atoms with Crippen molar-refractivity contribution in [1.82, 2.24) is 14.9 Å². The molecule has 2 aliphatic rings. The maximum Gasteiger partial charge on any atom is 0.427 e. The molecule has 0 bridgehead atoms. The molecule has 206 valence electrons. The van der Waals surface area contributed by atoms with Crippen molar-refractivity contribution in [1.29, 1.82) is 0 Å². The van der Waals surface area contributed by atoms with Gasteiger partial charge in [0.05, 0.1) is 16.8 Å². The third-order valence-corrected chi connectivity index (χ3v) is 6.76. The van der Waals surface area contributed by atoms with E-state index in [1.165, 1.54) is 17.8 Å². The number of carbonyl (C=O) groups excluding carboxylic acids is 2. The van der Waals surface area contributed by atoms with Crippen LogP contribution in [0.5, 0.6) is 5.75 Å². The molecule has 38 heavy (non-hydrogen) atoms. The average molecular weight is 568 g/mol. The summed E-state index contributed by atoms with van der Waals surface area (Å²) in [6, 6.07) is 2.32. The van der Waals surface area contributed by atoms with Crippen molar-refractivity contribution in [3.8, 4) is 5.75 Å². The quantitative estimate of drug-likeness (QED) is 0.310. The molecule has 0 atom stereocenters. The molecule has 1 aliphatic heterocycles. The van der Waals surface area contributed by atoms with Crippen molar-refractivity contribution in [2.45, 2.75) is 77.0 Å². The Labute approximate surface area is 229 Å². The fourth-order valence-corrected chi connectivity index (χ4v) is 4.44. The number of cyclic esters (lactones) is 1. The molecule has 1 aromatic heterocycles. The molecule has 1 saturated heterocycles. The Kier molecular flexibility index (Phi) is 9.09. The third-order valence-electron chi connectivity index (χ3n) is 5.82. The van der Waals surface area contributed by atoms with Crippen molar-refractivity contribution in [2.24, 2.45) is 0 Å². The highest BCUT2D eigenvalue weighted by Crippen LogP contribution is 2.37. The molecular weight excluding hydrogens is 537 g/mol. The number of anilines is 1. The molecule has 2 fully saturated rings. The monoisotopic (exact) mass is 567 g/mol. The first-order valence-corrected chi connectivity index (χ1v) is 13.5. The minimum Gasteiger partial charge on any atom is -0.489 e. The smallest absolute Gasteiger partial charge is 0.427 e. The molecule has 1 saturated carbocycles. The highest BCUT2D eigenvalue weighted by Gasteiger charge is 2.40. The lowest BCUT2D eigenvalue weighted by Crippen LogP contribution is -2.37. The van der Waals surface area contributed by atoms with Crippen LogP contribution in [0.2, 0.25) is 5.02 Å². The molecule has 0 spiro atoms. The highest BCUT2D eigenvalue weighted by atomic mass is 35.5. The van der Waals surface area contributed by atoms with E-state index in [-0.39, 0.29) is 39.3 Å². The van der Waals surface area contributed by atoms with E-state index < -0.39 is 17.8 Å². The van der Waals surface area contributed by atoms with Gasteiger partial charge in [-0.15, -0.1) is 10.2 Å². The van der Waals surface area contributed by atoms with E-state index >= 15 is 0 Å². The van der Waals surface area contributed by atoms with E-state index in [0.29, 0.717) is 21.3 Å². The zero-order valence-corrected chi connectivity index (χ0v) is 23.7. The summed E-state index contributed by atoms with van der Waals surface area (Å²) in [4.78, 5) is 36.7. The van der Waals surface area contributed by atoms with Crippen LogP contribution < -0.4 is 21.0 Å². The maximum atomic E-state index is 14.3. The zero-order valence-electron chi connectivity index (χ0n) is 22.1. The summed E-state index contributed by atoms with van der Waals surface area (Å²) in [5.74, 6) is 4.24. The van der Waals surface area contributed by atoms with E-state index in [1.807, 2.05) is 20.8 Å². The second kappa shape index (κ2) is 11.7. The number of amides is 2. The van der Waals surface area contributed by atoms with Crippen LogP contribution in [0.1, 0.15) is 66.0 Å². The van der Waals surface area contributed by atoms with Gasteiger partial charge in [0, 0.05) is 11.5 Å². The van der Waals surface area contributed by atoms with Crippen LogP contribution >= 0.6 is 23.4 Å². The average Bonchev–Trinajstić information content (AvgIpc) is 3.44. The lowest BCUT2D eigenvalue weighted by molar-refractivity contribution is -0.114. The van der Waals surface area contributed by atoms with Crippen LogP contribution in [-0.2, 0) is 14.9 Å². The Balaban J connectivity index is 0.000000244. The van der Waals surface area contributed by atoms with Crippen LogP contribution in [0.15, 0.2) is 33.4 Å². The van der Waals surface area contributed by atoms with Gasteiger partial charge in [0.2, 0.25) is 5.16 Å². The van der Waals surface area contributed by atoms with Crippen LogP contribution in [0.4, 0.5) is 14.9 Å². The minimum absolute atomic E-state index is 0.00962. The number of nitrogens with two attached hydrogens (primary N) is 1. The van der Waals surface area contributed by atoms with Crippen molar-refractivity contribution < 1.29 is 23.5 Å². The van der Waals surface area contributed by atoms with Crippen molar-refractivity contribution in [2.75, 3.05) is 17.0 Å². The molecule has 1 aromatic carbocycles. The number of aromatic nitrogens is 3. The number of thioether (sulfide) groups is 1. The first-order chi connectivity index (χ1) is 17.8. The fraction of sp³-hybridized carbons (Fsp3) is 0.480. The summed E-state index contributed by atoms with van der Waals surface area (Å²) in [5.41, 5.74) is 0.0863. The van der Waals surface area contributed by atoms with Gasteiger partial charge in [0.15, 0.2) is 5.76 Å². The van der Waals surface area contributed by atoms with Crippen molar-refractivity contribution >= 4 is 41.1 Å². The summed E-state index contributed by atoms with van der Waals surface area (Å²) in [6.45, 7) is 8.97. The molecule has 2 aromatic rings. The Hall–Kier alpha value is -3.12. The Morgan fingerprint density at radius 3 is 2.34 bits per heavy atom. The van der Waals surface area contributed by atoms with Gasteiger partial charge in [-0.25, -0.2) is 14.1 Å². The molecule has 2 amide bonds. The van der Waals surface area contributed by atoms with E-state index in [9.17, 15) is 18.8 Å². The molecule has 10 nitrogen and oxygen atoms in total. The zero-order chi connectivity index (χ0) is 28.4. The molecule has 0 radical (unpaired) electrons. The number of imide groups is 1. The second-order valence-electron chi connectivity index (χ2n) is 10.1. The van der Waals surface area contributed by atoms with Crippen molar-refractivity contribution in [3.05, 3.63) is 50.4 Å². The molecule has 0 unspecified atom stereocenters. The molecule has 1 aliphatic carbocycles. The van der Waals surface area contributed by atoms with E-state index in [0.717, 1.165) is 36.4 Å². The Bertz CT molecular complexity index is 1330. The van der Waals surface area contributed by atoms with E-state index in [4.69, 9.17) is 26.9 Å². The normalized spacial score (nSPS) is 15.9. The molecule has 2 heterocycles. The van der Waals surface area contributed by atoms with Crippen LogP contribution in [-0.4, -0.2) is 39.2 Å². The fourth-order valence-electron chi connectivity index (χ4n) is 3.85. The standard InChI is InChI=1S/C17H17ClFNO4.C8H14N4OS/c1-9(2)15-16(21)20(17(22)24-15)13-8-14(11(18)7-12(13)19)23-10-5-3-4-6-10;1-8(2,3)5-6(13)12(9)7(14-4)11-10-5/h7-8,10H,3-6H2,1-2H3;9H2,1-4H3. The number of hydrogen-bond donors (Lipinski definition) is 1. The van der Waals surface area contributed by atoms with Gasteiger partial charge in [-0.05, 0) is 57.4 Å². The summed E-state index contributed by atoms with van der Waals surface area (Å²) < 4.78 is 26.1. The lowest BCUT2D eigenvalue weighted by atomic mass is 9.93. The number of carbonyl (C=O) groups is 2. The molecule has 4 rings (SSSR count). The lowest BCUT2D eigenvalue weighted by Gasteiger charge is -2.18. The Morgan fingerprint density at radius 1 is 1.18 bits per heavy atom. The topological polar surface area (TPSA) is 130 Å². The number of benzene rings is 1. The second-order valence-corrected chi connectivity index (χ2v) is 11.2. The number of hydrogen-bond acceptors (Lipinski definition) is 9. The van der Waals surface area contributed by atoms with Gasteiger partial charge in [0.1, 0.15) is 17.3 Å². The van der Waals surface area contributed by atoms with Gasteiger partial charge < -0.3 is 15.3 Å².